The van der Waals surface area contributed by atoms with Crippen LogP contribution in [0.25, 0.3) is 5.78 Å². The van der Waals surface area contributed by atoms with Crippen LogP contribution in [-0.4, -0.2) is 69.1 Å². The predicted octanol–water partition coefficient (Wildman–Crippen LogP) is 1.94. The van der Waals surface area contributed by atoms with E-state index in [1.165, 1.54) is 0 Å². The molecule has 3 aliphatic rings. The first-order chi connectivity index (χ1) is 12.7. The predicted molar refractivity (Wildman–Crippen MR) is 101 cm³/mol. The molecule has 0 aliphatic carbocycles. The van der Waals surface area contributed by atoms with E-state index in [2.05, 4.69) is 37.8 Å². The van der Waals surface area contributed by atoms with E-state index in [4.69, 9.17) is 9.47 Å². The Kier molecular flexibility index (Phi) is 4.29. The fourth-order valence-corrected chi connectivity index (χ4v) is 5.81. The lowest BCUT2D eigenvalue weighted by Gasteiger charge is -2.48. The molecule has 140 valence electrons. The summed E-state index contributed by atoms with van der Waals surface area (Å²) in [5, 5.41) is 4.33. The number of anilines is 1. The molecule has 0 N–H and O–H groups in total. The Bertz CT molecular complexity index is 785. The lowest BCUT2D eigenvalue weighted by Crippen LogP contribution is -2.59. The Morgan fingerprint density at radius 1 is 1.35 bits per heavy atom. The highest BCUT2D eigenvalue weighted by atomic mass is 32.2. The summed E-state index contributed by atoms with van der Waals surface area (Å²) < 4.78 is 13.9. The van der Waals surface area contributed by atoms with Gasteiger partial charge in [-0.1, -0.05) is 0 Å². The first-order valence-electron chi connectivity index (χ1n) is 9.46. The average Bonchev–Trinajstić information content (AvgIpc) is 3.26. The summed E-state index contributed by atoms with van der Waals surface area (Å²) in [5.41, 5.74) is 0.984. The van der Waals surface area contributed by atoms with Gasteiger partial charge in [-0.3, -0.25) is 0 Å². The molecule has 0 saturated carbocycles. The number of thioether (sulfide) groups is 1. The van der Waals surface area contributed by atoms with Crippen molar-refractivity contribution in [1.29, 1.82) is 0 Å². The van der Waals surface area contributed by atoms with Crippen molar-refractivity contribution >= 4 is 23.4 Å². The number of nitrogens with zero attached hydrogens (tertiary/aromatic N) is 5. The maximum Gasteiger partial charge on any atom is 0.254 e. The van der Waals surface area contributed by atoms with Gasteiger partial charge in [-0.25, -0.2) is 4.98 Å². The van der Waals surface area contributed by atoms with Crippen LogP contribution in [-0.2, 0) is 9.47 Å². The number of hydrogen-bond acceptors (Lipinski definition) is 7. The van der Waals surface area contributed by atoms with E-state index in [9.17, 15) is 0 Å². The van der Waals surface area contributed by atoms with Crippen molar-refractivity contribution in [2.45, 2.75) is 37.0 Å². The topological polar surface area (TPSA) is 64.8 Å². The maximum atomic E-state index is 6.26. The quantitative estimate of drug-likeness (QED) is 0.809. The van der Waals surface area contributed by atoms with Gasteiger partial charge in [0.15, 0.2) is 0 Å². The second-order valence-electron chi connectivity index (χ2n) is 7.79. The highest BCUT2D eigenvalue weighted by Gasteiger charge is 2.50. The molecule has 2 aromatic heterocycles. The third-order valence-corrected chi connectivity index (χ3v) is 7.30. The molecule has 1 atom stereocenters. The summed E-state index contributed by atoms with van der Waals surface area (Å²) in [4.78, 5) is 11.1. The van der Waals surface area contributed by atoms with Crippen LogP contribution in [0.1, 0.15) is 25.0 Å². The molecule has 0 amide bonds. The number of aromatic nitrogens is 4. The Hall–Kier alpha value is -1.38. The molecule has 3 aliphatic heterocycles. The minimum Gasteiger partial charge on any atom is -0.381 e. The minimum atomic E-state index is 0.338. The van der Waals surface area contributed by atoms with Gasteiger partial charge in [0.1, 0.15) is 12.1 Å². The van der Waals surface area contributed by atoms with Crippen LogP contribution in [0.15, 0.2) is 12.4 Å². The van der Waals surface area contributed by atoms with Crippen LogP contribution >= 0.6 is 11.8 Å². The summed E-state index contributed by atoms with van der Waals surface area (Å²) in [6.07, 6.45) is 5.42. The van der Waals surface area contributed by atoms with E-state index in [0.29, 0.717) is 22.5 Å². The SMILES string of the molecule is Cc1cc(N2CC3(CC(OCC4CCOCC4)CS3)C2)n2ncnc2n1. The van der Waals surface area contributed by atoms with Crippen LogP contribution in [0.5, 0.6) is 0 Å². The number of rotatable bonds is 4. The van der Waals surface area contributed by atoms with Gasteiger partial charge in [-0.15, -0.1) is 11.8 Å². The average molecular weight is 375 g/mol. The number of hydrogen-bond donors (Lipinski definition) is 0. The molecule has 0 radical (unpaired) electrons. The summed E-state index contributed by atoms with van der Waals surface area (Å²) >= 11 is 2.08. The van der Waals surface area contributed by atoms with E-state index >= 15 is 0 Å². The second-order valence-corrected chi connectivity index (χ2v) is 9.28. The molecular formula is C18H25N5O2S. The van der Waals surface area contributed by atoms with Crippen molar-refractivity contribution < 1.29 is 9.47 Å². The van der Waals surface area contributed by atoms with Crippen molar-refractivity contribution in [2.75, 3.05) is 43.6 Å². The van der Waals surface area contributed by atoms with E-state index in [1.54, 1.807) is 6.33 Å². The van der Waals surface area contributed by atoms with Gasteiger partial charge in [-0.05, 0) is 32.1 Å². The minimum absolute atomic E-state index is 0.338. The van der Waals surface area contributed by atoms with Crippen LogP contribution in [0, 0.1) is 12.8 Å². The van der Waals surface area contributed by atoms with Crippen molar-refractivity contribution in [3.63, 3.8) is 0 Å². The molecule has 5 heterocycles. The highest BCUT2D eigenvalue weighted by molar-refractivity contribution is 8.01. The van der Waals surface area contributed by atoms with Gasteiger partial charge >= 0.3 is 0 Å². The maximum absolute atomic E-state index is 6.26. The molecule has 2 aromatic rings. The van der Waals surface area contributed by atoms with Gasteiger partial charge in [0.05, 0.1) is 10.9 Å². The Labute approximate surface area is 157 Å². The molecule has 1 unspecified atom stereocenters. The van der Waals surface area contributed by atoms with E-state index in [0.717, 1.165) is 69.4 Å². The first kappa shape index (κ1) is 16.8. The molecule has 5 rings (SSSR count). The van der Waals surface area contributed by atoms with Crippen LogP contribution in [0.2, 0.25) is 0 Å². The zero-order valence-electron chi connectivity index (χ0n) is 15.1. The third kappa shape index (κ3) is 3.08. The van der Waals surface area contributed by atoms with Crippen molar-refractivity contribution in [3.8, 4) is 0 Å². The monoisotopic (exact) mass is 375 g/mol. The molecule has 0 bridgehead atoms. The summed E-state index contributed by atoms with van der Waals surface area (Å²) in [5.74, 6) is 3.58. The Balaban J connectivity index is 1.19. The first-order valence-corrected chi connectivity index (χ1v) is 10.4. The molecule has 3 saturated heterocycles. The largest absolute Gasteiger partial charge is 0.381 e. The van der Waals surface area contributed by atoms with Crippen LogP contribution in [0.3, 0.4) is 0 Å². The Morgan fingerprint density at radius 3 is 3.04 bits per heavy atom. The normalized spacial score (nSPS) is 25.9. The number of ether oxygens (including phenoxy) is 2. The van der Waals surface area contributed by atoms with Gasteiger partial charge in [-0.2, -0.15) is 14.6 Å². The number of aryl methyl sites for hydroxylation is 1. The van der Waals surface area contributed by atoms with Gasteiger partial charge in [0.2, 0.25) is 0 Å². The van der Waals surface area contributed by atoms with Crippen molar-refractivity contribution in [1.82, 2.24) is 19.6 Å². The van der Waals surface area contributed by atoms with Gasteiger partial charge in [0.25, 0.3) is 5.78 Å². The smallest absolute Gasteiger partial charge is 0.254 e. The lowest BCUT2D eigenvalue weighted by molar-refractivity contribution is -0.00652. The molecule has 8 heteroatoms. The lowest BCUT2D eigenvalue weighted by atomic mass is 9.92. The fraction of sp³-hybridized carbons (Fsp3) is 0.722. The van der Waals surface area contributed by atoms with E-state index in [-0.39, 0.29) is 0 Å². The molecule has 26 heavy (non-hydrogen) atoms. The number of fused-ring (bicyclic) bond motifs is 1. The second kappa shape index (κ2) is 6.65. The standard InChI is InChI=1S/C18H25N5O2S/c1-13-6-16(23-17(21-13)19-12-20-23)22-10-18(11-22)7-15(9-26-18)25-8-14-2-4-24-5-3-14/h6,12,14-15H,2-5,7-11H2,1H3. The van der Waals surface area contributed by atoms with Crippen LogP contribution < -0.4 is 4.90 Å². The van der Waals surface area contributed by atoms with E-state index < -0.39 is 0 Å². The molecular weight excluding hydrogens is 350 g/mol. The van der Waals surface area contributed by atoms with Crippen molar-refractivity contribution in [3.05, 3.63) is 18.1 Å². The van der Waals surface area contributed by atoms with E-state index in [1.807, 2.05) is 11.4 Å². The zero-order chi connectivity index (χ0) is 17.6. The fourth-order valence-electron chi connectivity index (χ4n) is 4.26. The summed E-state index contributed by atoms with van der Waals surface area (Å²) in [6.45, 7) is 6.80. The van der Waals surface area contributed by atoms with Crippen LogP contribution in [0.4, 0.5) is 5.82 Å². The third-order valence-electron chi connectivity index (χ3n) is 5.73. The molecule has 7 nitrogen and oxygen atoms in total. The zero-order valence-corrected chi connectivity index (χ0v) is 16.0. The summed E-state index contributed by atoms with van der Waals surface area (Å²) in [6, 6.07) is 2.10. The Morgan fingerprint density at radius 2 is 2.19 bits per heavy atom. The molecule has 3 fully saturated rings. The highest BCUT2D eigenvalue weighted by Crippen LogP contribution is 2.47. The van der Waals surface area contributed by atoms with Gasteiger partial charge in [0, 0.05) is 50.4 Å². The van der Waals surface area contributed by atoms with Crippen molar-refractivity contribution in [2.24, 2.45) is 5.92 Å². The van der Waals surface area contributed by atoms with Gasteiger partial charge < -0.3 is 14.4 Å². The summed E-state index contributed by atoms with van der Waals surface area (Å²) in [7, 11) is 0. The molecule has 1 spiro atoms. The molecule has 0 aromatic carbocycles.